The van der Waals surface area contributed by atoms with Crippen LogP contribution in [0.3, 0.4) is 0 Å². The van der Waals surface area contributed by atoms with Gasteiger partial charge in [-0.25, -0.2) is 8.42 Å². The van der Waals surface area contributed by atoms with Crippen LogP contribution < -0.4 is 4.74 Å². The molecule has 114 valence electrons. The molecule has 0 aliphatic carbocycles. The van der Waals surface area contributed by atoms with Crippen LogP contribution in [0.2, 0.25) is 0 Å². The first-order chi connectivity index (χ1) is 9.98. The number of sulfonamides is 1. The number of ether oxygens (including phenoxy) is 1. The van der Waals surface area contributed by atoms with Gasteiger partial charge in [-0.05, 0) is 45.1 Å². The molecule has 0 radical (unpaired) electrons. The molecule has 0 saturated carbocycles. The van der Waals surface area contributed by atoms with Crippen molar-refractivity contribution in [2.24, 2.45) is 0 Å². The molecule has 0 amide bonds. The Morgan fingerprint density at radius 2 is 1.90 bits per heavy atom. The number of benzene rings is 1. The van der Waals surface area contributed by atoms with Crippen LogP contribution in [-0.4, -0.2) is 26.4 Å². The number of halogens is 1. The lowest BCUT2D eigenvalue weighted by Gasteiger charge is -2.20. The van der Waals surface area contributed by atoms with Crippen molar-refractivity contribution in [1.82, 2.24) is 4.31 Å². The standard InChI is InChI=1S/C14H16BrNO3S2/c1-3-16(10-11-4-6-12(19-2)7-5-11)21(17,18)14-13(15)8-9-20-14/h4-9H,3,10H2,1-2H3. The molecule has 2 rings (SSSR count). The number of hydrogen-bond acceptors (Lipinski definition) is 4. The molecular weight excluding hydrogens is 374 g/mol. The molecule has 1 aromatic carbocycles. The molecule has 0 atom stereocenters. The summed E-state index contributed by atoms with van der Waals surface area (Å²) in [5.41, 5.74) is 0.925. The predicted molar refractivity (Wildman–Crippen MR) is 88.3 cm³/mol. The monoisotopic (exact) mass is 389 g/mol. The predicted octanol–water partition coefficient (Wildman–Crippen LogP) is 3.73. The van der Waals surface area contributed by atoms with Crippen molar-refractivity contribution in [1.29, 1.82) is 0 Å². The van der Waals surface area contributed by atoms with Gasteiger partial charge in [-0.2, -0.15) is 4.31 Å². The van der Waals surface area contributed by atoms with Gasteiger partial charge in [0.25, 0.3) is 10.0 Å². The van der Waals surface area contributed by atoms with Crippen molar-refractivity contribution in [3.05, 3.63) is 45.7 Å². The molecule has 1 aromatic heterocycles. The Kier molecular flexibility index (Phi) is 5.43. The first kappa shape index (κ1) is 16.5. The molecule has 0 fully saturated rings. The van der Waals surface area contributed by atoms with Gasteiger partial charge in [-0.1, -0.05) is 19.1 Å². The Labute approximate surface area is 137 Å². The largest absolute Gasteiger partial charge is 0.497 e. The molecule has 0 unspecified atom stereocenters. The summed E-state index contributed by atoms with van der Waals surface area (Å²) >= 11 is 4.51. The third-order valence-electron chi connectivity index (χ3n) is 3.03. The molecule has 0 bridgehead atoms. The van der Waals surface area contributed by atoms with E-state index in [2.05, 4.69) is 15.9 Å². The maximum Gasteiger partial charge on any atom is 0.253 e. The third kappa shape index (κ3) is 3.66. The molecule has 0 saturated heterocycles. The SMILES string of the molecule is CCN(Cc1ccc(OC)cc1)S(=O)(=O)c1sccc1Br. The fourth-order valence-electron chi connectivity index (χ4n) is 1.88. The Morgan fingerprint density at radius 1 is 1.24 bits per heavy atom. The normalized spacial score (nSPS) is 11.8. The second kappa shape index (κ2) is 6.91. The first-order valence-corrected chi connectivity index (χ1v) is 9.46. The van der Waals surface area contributed by atoms with E-state index in [1.807, 2.05) is 31.2 Å². The number of hydrogen-bond donors (Lipinski definition) is 0. The second-order valence-electron chi connectivity index (χ2n) is 4.34. The average Bonchev–Trinajstić information content (AvgIpc) is 2.92. The summed E-state index contributed by atoms with van der Waals surface area (Å²) in [6.45, 7) is 2.59. The summed E-state index contributed by atoms with van der Waals surface area (Å²) in [6.07, 6.45) is 0. The fourth-order valence-corrected chi connectivity index (χ4v) is 5.77. The van der Waals surface area contributed by atoms with Gasteiger partial charge in [-0.3, -0.25) is 0 Å². The maximum absolute atomic E-state index is 12.7. The van der Waals surface area contributed by atoms with Crippen molar-refractivity contribution in [3.8, 4) is 5.75 Å². The zero-order valence-electron chi connectivity index (χ0n) is 11.7. The highest BCUT2D eigenvalue weighted by Crippen LogP contribution is 2.31. The topological polar surface area (TPSA) is 46.6 Å². The van der Waals surface area contributed by atoms with Gasteiger partial charge in [-0.15, -0.1) is 11.3 Å². The molecule has 21 heavy (non-hydrogen) atoms. The molecule has 0 aliphatic heterocycles. The zero-order chi connectivity index (χ0) is 15.5. The third-order valence-corrected chi connectivity index (χ3v) is 7.60. The quantitative estimate of drug-likeness (QED) is 0.755. The molecule has 0 N–H and O–H groups in total. The van der Waals surface area contributed by atoms with Gasteiger partial charge in [0.15, 0.2) is 0 Å². The van der Waals surface area contributed by atoms with Crippen molar-refractivity contribution in [2.75, 3.05) is 13.7 Å². The number of nitrogens with zero attached hydrogens (tertiary/aromatic N) is 1. The van der Waals surface area contributed by atoms with E-state index >= 15 is 0 Å². The lowest BCUT2D eigenvalue weighted by molar-refractivity contribution is 0.412. The summed E-state index contributed by atoms with van der Waals surface area (Å²) in [5.74, 6) is 0.755. The minimum absolute atomic E-state index is 0.340. The lowest BCUT2D eigenvalue weighted by atomic mass is 10.2. The van der Waals surface area contributed by atoms with Crippen LogP contribution in [0.25, 0.3) is 0 Å². The maximum atomic E-state index is 12.7. The Hall–Kier alpha value is -0.890. The lowest BCUT2D eigenvalue weighted by Crippen LogP contribution is -2.30. The summed E-state index contributed by atoms with van der Waals surface area (Å²) < 4.78 is 32.8. The average molecular weight is 390 g/mol. The van der Waals surface area contributed by atoms with Crippen LogP contribution in [0.15, 0.2) is 44.4 Å². The van der Waals surface area contributed by atoms with E-state index in [0.717, 1.165) is 11.3 Å². The molecular formula is C14H16BrNO3S2. The van der Waals surface area contributed by atoms with Crippen molar-refractivity contribution in [3.63, 3.8) is 0 Å². The van der Waals surface area contributed by atoms with Crippen LogP contribution >= 0.6 is 27.3 Å². The van der Waals surface area contributed by atoms with E-state index in [1.165, 1.54) is 15.6 Å². The summed E-state index contributed by atoms with van der Waals surface area (Å²) in [4.78, 5) is 0. The summed E-state index contributed by atoms with van der Waals surface area (Å²) in [5, 5.41) is 1.76. The van der Waals surface area contributed by atoms with E-state index in [-0.39, 0.29) is 0 Å². The number of methoxy groups -OCH3 is 1. The molecule has 2 aromatic rings. The molecule has 0 aliphatic rings. The molecule has 4 nitrogen and oxygen atoms in total. The van der Waals surface area contributed by atoms with E-state index in [4.69, 9.17) is 4.74 Å². The van der Waals surface area contributed by atoms with Crippen LogP contribution in [0.1, 0.15) is 12.5 Å². The second-order valence-corrected chi connectivity index (χ2v) is 8.24. The van der Waals surface area contributed by atoms with Gasteiger partial charge in [0, 0.05) is 17.6 Å². The Bertz CT molecular complexity index is 695. The Balaban J connectivity index is 2.25. The van der Waals surface area contributed by atoms with E-state index in [1.54, 1.807) is 18.6 Å². The van der Waals surface area contributed by atoms with Crippen LogP contribution in [0.5, 0.6) is 5.75 Å². The molecule has 0 spiro atoms. The molecule has 7 heteroatoms. The summed E-state index contributed by atoms with van der Waals surface area (Å²) in [6, 6.07) is 9.16. The Morgan fingerprint density at radius 3 is 2.38 bits per heavy atom. The highest BCUT2D eigenvalue weighted by Gasteiger charge is 2.26. The van der Waals surface area contributed by atoms with E-state index in [0.29, 0.717) is 21.8 Å². The van der Waals surface area contributed by atoms with Crippen molar-refractivity contribution >= 4 is 37.3 Å². The summed E-state index contributed by atoms with van der Waals surface area (Å²) in [7, 11) is -1.88. The van der Waals surface area contributed by atoms with E-state index < -0.39 is 10.0 Å². The van der Waals surface area contributed by atoms with Gasteiger partial charge >= 0.3 is 0 Å². The van der Waals surface area contributed by atoms with Gasteiger partial charge in [0.2, 0.25) is 0 Å². The molecule has 1 heterocycles. The van der Waals surface area contributed by atoms with Crippen molar-refractivity contribution < 1.29 is 13.2 Å². The minimum Gasteiger partial charge on any atom is -0.497 e. The van der Waals surface area contributed by atoms with Crippen LogP contribution in [0.4, 0.5) is 0 Å². The minimum atomic E-state index is -3.48. The van der Waals surface area contributed by atoms with Gasteiger partial charge in [0.1, 0.15) is 9.96 Å². The first-order valence-electron chi connectivity index (χ1n) is 6.35. The fraction of sp³-hybridized carbons (Fsp3) is 0.286. The van der Waals surface area contributed by atoms with E-state index in [9.17, 15) is 8.42 Å². The highest BCUT2D eigenvalue weighted by atomic mass is 79.9. The van der Waals surface area contributed by atoms with Crippen LogP contribution in [-0.2, 0) is 16.6 Å². The highest BCUT2D eigenvalue weighted by molar-refractivity contribution is 9.10. The number of rotatable bonds is 6. The van der Waals surface area contributed by atoms with Crippen molar-refractivity contribution in [2.45, 2.75) is 17.7 Å². The smallest absolute Gasteiger partial charge is 0.253 e. The van der Waals surface area contributed by atoms with Crippen LogP contribution in [0, 0.1) is 0 Å². The number of thiophene rings is 1. The van der Waals surface area contributed by atoms with Gasteiger partial charge < -0.3 is 4.74 Å². The van der Waals surface area contributed by atoms with Gasteiger partial charge in [0.05, 0.1) is 7.11 Å². The zero-order valence-corrected chi connectivity index (χ0v) is 15.0.